The number of nitrogens with zero attached hydrogens (tertiary/aromatic N) is 4. The first kappa shape index (κ1) is 19.1. The van der Waals surface area contributed by atoms with Gasteiger partial charge in [-0.25, -0.2) is 0 Å². The molecule has 1 N–H and O–H groups in total. The minimum absolute atomic E-state index is 0.00396. The molecule has 0 spiro atoms. The predicted octanol–water partition coefficient (Wildman–Crippen LogP) is 2.57. The summed E-state index contributed by atoms with van der Waals surface area (Å²) in [6, 6.07) is 2.06. The van der Waals surface area contributed by atoms with Crippen molar-refractivity contribution in [2.75, 3.05) is 6.54 Å². The van der Waals surface area contributed by atoms with Crippen molar-refractivity contribution in [1.29, 1.82) is 0 Å². The van der Waals surface area contributed by atoms with Crippen LogP contribution in [0.5, 0.6) is 0 Å². The SMILES string of the molecule is Cc1cc(C)n(C[C@@H](C)CNC(=O)CCc2nc(C(C)(C)C)no2)n1. The molecule has 1 amide bonds. The average Bonchev–Trinajstić information content (AvgIpc) is 3.10. The van der Waals surface area contributed by atoms with Crippen LogP contribution >= 0.6 is 0 Å². The Balaban J connectivity index is 1.73. The lowest BCUT2D eigenvalue weighted by Crippen LogP contribution is -2.30. The number of hydrogen-bond acceptors (Lipinski definition) is 5. The molecule has 0 radical (unpaired) electrons. The number of hydrogen-bond donors (Lipinski definition) is 1. The molecule has 7 nitrogen and oxygen atoms in total. The van der Waals surface area contributed by atoms with Gasteiger partial charge in [-0.1, -0.05) is 32.9 Å². The van der Waals surface area contributed by atoms with Crippen LogP contribution in [0.25, 0.3) is 0 Å². The predicted molar refractivity (Wildman–Crippen MR) is 95.2 cm³/mol. The maximum atomic E-state index is 12.0. The third-order valence-corrected chi connectivity index (χ3v) is 3.94. The molecule has 0 saturated heterocycles. The quantitative estimate of drug-likeness (QED) is 0.832. The van der Waals surface area contributed by atoms with E-state index >= 15 is 0 Å². The van der Waals surface area contributed by atoms with Crippen molar-refractivity contribution in [2.24, 2.45) is 5.92 Å². The minimum Gasteiger partial charge on any atom is -0.356 e. The van der Waals surface area contributed by atoms with Crippen LogP contribution in [-0.4, -0.2) is 32.4 Å². The first-order valence-electron chi connectivity index (χ1n) is 8.76. The molecule has 25 heavy (non-hydrogen) atoms. The Morgan fingerprint density at radius 2 is 2.08 bits per heavy atom. The number of carbonyl (C=O) groups is 1. The number of carbonyl (C=O) groups excluding carboxylic acids is 1. The Bertz CT molecular complexity index is 711. The normalized spacial score (nSPS) is 13.0. The van der Waals surface area contributed by atoms with Gasteiger partial charge in [0.15, 0.2) is 5.82 Å². The van der Waals surface area contributed by atoms with E-state index in [4.69, 9.17) is 4.52 Å². The number of aryl methyl sites for hydroxylation is 3. The van der Waals surface area contributed by atoms with Gasteiger partial charge < -0.3 is 9.84 Å². The summed E-state index contributed by atoms with van der Waals surface area (Å²) in [6.45, 7) is 13.6. The molecule has 2 aromatic rings. The number of nitrogens with one attached hydrogen (secondary N) is 1. The van der Waals surface area contributed by atoms with Gasteiger partial charge >= 0.3 is 0 Å². The van der Waals surface area contributed by atoms with E-state index in [2.05, 4.69) is 33.5 Å². The van der Waals surface area contributed by atoms with Crippen LogP contribution in [0.3, 0.4) is 0 Å². The van der Waals surface area contributed by atoms with Crippen molar-refractivity contribution in [3.63, 3.8) is 0 Å². The highest BCUT2D eigenvalue weighted by molar-refractivity contribution is 5.75. The first-order chi connectivity index (χ1) is 11.6. The monoisotopic (exact) mass is 347 g/mol. The van der Waals surface area contributed by atoms with Crippen LogP contribution in [0, 0.1) is 19.8 Å². The lowest BCUT2D eigenvalue weighted by Gasteiger charge is -2.13. The fourth-order valence-corrected chi connectivity index (χ4v) is 2.48. The summed E-state index contributed by atoms with van der Waals surface area (Å²) < 4.78 is 7.19. The van der Waals surface area contributed by atoms with E-state index in [1.54, 1.807) is 0 Å². The Labute approximate surface area is 149 Å². The largest absolute Gasteiger partial charge is 0.356 e. The molecule has 1 atom stereocenters. The molecule has 0 bridgehead atoms. The zero-order chi connectivity index (χ0) is 18.6. The molecule has 0 fully saturated rings. The second-order valence-electron chi connectivity index (χ2n) is 7.78. The van der Waals surface area contributed by atoms with E-state index in [9.17, 15) is 4.79 Å². The van der Waals surface area contributed by atoms with Crippen LogP contribution in [0.2, 0.25) is 0 Å². The van der Waals surface area contributed by atoms with Gasteiger partial charge in [0.2, 0.25) is 11.8 Å². The third-order valence-electron chi connectivity index (χ3n) is 3.94. The Morgan fingerprint density at radius 1 is 1.36 bits per heavy atom. The molecule has 2 rings (SSSR count). The average molecular weight is 347 g/mol. The molecule has 138 valence electrons. The number of rotatable bonds is 7. The second-order valence-corrected chi connectivity index (χ2v) is 7.78. The van der Waals surface area contributed by atoms with E-state index in [0.717, 1.165) is 17.9 Å². The van der Waals surface area contributed by atoms with Crippen molar-refractivity contribution in [3.05, 3.63) is 29.2 Å². The van der Waals surface area contributed by atoms with Crippen molar-refractivity contribution < 1.29 is 9.32 Å². The summed E-state index contributed by atoms with van der Waals surface area (Å²) in [6.07, 6.45) is 0.805. The van der Waals surface area contributed by atoms with Gasteiger partial charge in [0.05, 0.1) is 5.69 Å². The summed E-state index contributed by atoms with van der Waals surface area (Å²) in [5.41, 5.74) is 2.01. The van der Waals surface area contributed by atoms with Gasteiger partial charge in [0.25, 0.3) is 0 Å². The molecule has 0 aliphatic carbocycles. The maximum Gasteiger partial charge on any atom is 0.227 e. The van der Waals surface area contributed by atoms with E-state index < -0.39 is 0 Å². The third kappa shape index (κ3) is 5.69. The van der Waals surface area contributed by atoms with Crippen molar-refractivity contribution in [3.8, 4) is 0 Å². The Morgan fingerprint density at radius 3 is 2.64 bits per heavy atom. The molecule has 0 aromatic carbocycles. The van der Waals surface area contributed by atoms with Crippen LogP contribution in [-0.2, 0) is 23.2 Å². The van der Waals surface area contributed by atoms with E-state index in [0.29, 0.717) is 37.0 Å². The molecule has 0 aliphatic rings. The molecular weight excluding hydrogens is 318 g/mol. The van der Waals surface area contributed by atoms with E-state index in [-0.39, 0.29) is 11.3 Å². The maximum absolute atomic E-state index is 12.0. The van der Waals surface area contributed by atoms with Gasteiger partial charge in [-0.15, -0.1) is 0 Å². The van der Waals surface area contributed by atoms with Crippen LogP contribution in [0.15, 0.2) is 10.6 Å². The van der Waals surface area contributed by atoms with Crippen LogP contribution < -0.4 is 5.32 Å². The highest BCUT2D eigenvalue weighted by atomic mass is 16.5. The number of aromatic nitrogens is 4. The Hall–Kier alpha value is -2.18. The summed E-state index contributed by atoms with van der Waals surface area (Å²) in [5.74, 6) is 1.48. The van der Waals surface area contributed by atoms with Gasteiger partial charge in [0, 0.05) is 37.0 Å². The molecule has 2 aromatic heterocycles. The fraction of sp³-hybridized carbons (Fsp3) is 0.667. The van der Waals surface area contributed by atoms with Gasteiger partial charge in [-0.3, -0.25) is 9.48 Å². The van der Waals surface area contributed by atoms with E-state index in [1.807, 2.05) is 39.3 Å². The standard InChI is InChI=1S/C18H29N5O2/c1-12(11-23-14(3)9-13(2)21-23)10-19-15(24)7-8-16-20-17(22-25-16)18(4,5)6/h9,12H,7-8,10-11H2,1-6H3,(H,19,24)/t12-/m0/s1. The van der Waals surface area contributed by atoms with Crippen LogP contribution in [0.1, 0.15) is 57.2 Å². The summed E-state index contributed by atoms with van der Waals surface area (Å²) >= 11 is 0. The molecule has 0 saturated carbocycles. The molecule has 0 aliphatic heterocycles. The topological polar surface area (TPSA) is 85.8 Å². The van der Waals surface area contributed by atoms with Gasteiger partial charge in [0.1, 0.15) is 0 Å². The molecule has 0 unspecified atom stereocenters. The number of amides is 1. The highest BCUT2D eigenvalue weighted by Crippen LogP contribution is 2.18. The highest BCUT2D eigenvalue weighted by Gasteiger charge is 2.21. The second kappa shape index (κ2) is 7.80. The summed E-state index contributed by atoms with van der Waals surface area (Å²) in [7, 11) is 0. The lowest BCUT2D eigenvalue weighted by atomic mass is 9.96. The fourth-order valence-electron chi connectivity index (χ4n) is 2.48. The van der Waals surface area contributed by atoms with Crippen molar-refractivity contribution in [2.45, 2.75) is 66.3 Å². The van der Waals surface area contributed by atoms with E-state index in [1.165, 1.54) is 0 Å². The zero-order valence-electron chi connectivity index (χ0n) is 16.1. The smallest absolute Gasteiger partial charge is 0.227 e. The van der Waals surface area contributed by atoms with Crippen molar-refractivity contribution >= 4 is 5.91 Å². The van der Waals surface area contributed by atoms with Gasteiger partial charge in [-0.2, -0.15) is 10.1 Å². The zero-order valence-corrected chi connectivity index (χ0v) is 16.1. The molecular formula is C18H29N5O2. The van der Waals surface area contributed by atoms with Crippen molar-refractivity contribution in [1.82, 2.24) is 25.2 Å². The first-order valence-corrected chi connectivity index (χ1v) is 8.76. The van der Waals surface area contributed by atoms with Gasteiger partial charge in [-0.05, 0) is 25.8 Å². The van der Waals surface area contributed by atoms with Crippen LogP contribution in [0.4, 0.5) is 0 Å². The Kier molecular flexibility index (Phi) is 5.98. The lowest BCUT2D eigenvalue weighted by molar-refractivity contribution is -0.121. The summed E-state index contributed by atoms with van der Waals surface area (Å²) in [5, 5.41) is 11.4. The molecule has 2 heterocycles. The minimum atomic E-state index is -0.150. The molecule has 7 heteroatoms. The summed E-state index contributed by atoms with van der Waals surface area (Å²) in [4.78, 5) is 16.4.